The predicted octanol–water partition coefficient (Wildman–Crippen LogP) is 16.6. The van der Waals surface area contributed by atoms with Crippen molar-refractivity contribution in [1.29, 1.82) is 0 Å². The van der Waals surface area contributed by atoms with Crippen molar-refractivity contribution in [3.05, 3.63) is 253 Å². The topological polar surface area (TPSA) is 588 Å². The van der Waals surface area contributed by atoms with E-state index in [1.54, 1.807) is 37.3 Å². The van der Waals surface area contributed by atoms with Crippen LogP contribution in [0.1, 0.15) is 113 Å². The van der Waals surface area contributed by atoms with Gasteiger partial charge in [0.1, 0.15) is 28.0 Å². The molecule has 0 aliphatic rings. The molecular weight excluding hydrogens is 2260 g/mol. The number of thiazole rings is 2. The highest BCUT2D eigenvalue weighted by Gasteiger charge is 2.33. The zero-order valence-electron chi connectivity index (χ0n) is 76.9. The van der Waals surface area contributed by atoms with E-state index in [1.165, 1.54) is 158 Å². The Balaban J connectivity index is 0.000000237. The van der Waals surface area contributed by atoms with E-state index >= 15 is 0 Å². The van der Waals surface area contributed by atoms with E-state index in [0.717, 1.165) is 159 Å². The number of carbonyl (C=O) groups is 12. The highest BCUT2D eigenvalue weighted by molar-refractivity contribution is 8.15. The van der Waals surface area contributed by atoms with Crippen molar-refractivity contribution in [3.63, 3.8) is 0 Å². The van der Waals surface area contributed by atoms with Crippen LogP contribution in [0.25, 0.3) is 0 Å². The monoisotopic (exact) mass is 2340 g/mol. The zero-order valence-corrected chi connectivity index (χ0v) is 90.7. The molecule has 0 aliphatic carbocycles. The number of thiophene rings is 1. The molecule has 6 aromatic carbocycles. The Kier molecular flexibility index (Phi) is 46.1. The van der Waals surface area contributed by atoms with Crippen LogP contribution in [0.5, 0.6) is 5.75 Å². The lowest BCUT2D eigenvalue weighted by Crippen LogP contribution is -2.14. The van der Waals surface area contributed by atoms with E-state index in [-0.39, 0.29) is 188 Å². The fourth-order valence-electron chi connectivity index (χ4n) is 10.2. The average Bonchev–Trinajstić information content (AvgIpc) is 1.30. The number of oxazole rings is 1. The second kappa shape index (κ2) is 55.4. The molecule has 0 aliphatic heterocycles. The Morgan fingerprint density at radius 1 is 0.432 bits per heavy atom. The van der Waals surface area contributed by atoms with Crippen molar-refractivity contribution in [3.8, 4) is 5.75 Å². The molecule has 6 aromatic heterocycles. The SMILES string of the molecule is CC(=O)SCC(=O)c1ccc(NS(=O)(=O)c2ccc(F)cc2)cn1.CC(=O)SCC(=O)c1ccc(NS(=O)(=O)c2cccc(C(F)(F)F)c2)s1.CC(=O)SCC(=O)c1cnc(NS(=O)(=O)c2ccc(Cl)c(Cl)c2)s1.CC(=O)SCC(=O)c1cnc(NS(=O)(=O)c2ccc(N(C)C)cc2)o1.CC(=O)SCC(=O)c1sc(NS(=O)(=O)c2ccccc2)nc1C.COc1ccc(S(=O)(=O)Nc2cc(C(=O)CSC(C)=O)[nH]n2)cc1. The molecule has 0 atom stereocenters. The first kappa shape index (κ1) is 121. The molecule has 0 bridgehead atoms. The normalized spacial score (nSPS) is 11.3. The summed E-state index contributed by atoms with van der Waals surface area (Å²) in [6.45, 7) is 9.76. The fourth-order valence-corrected chi connectivity index (χ4v) is 23.1. The van der Waals surface area contributed by atoms with Gasteiger partial charge in [0.2, 0.25) is 5.78 Å². The number of nitrogens with one attached hydrogen (secondary N) is 7. The number of aromatic nitrogens is 6. The molecule has 12 aromatic rings. The predicted molar refractivity (Wildman–Crippen MR) is 557 cm³/mol. The molecule has 0 spiro atoms. The van der Waals surface area contributed by atoms with Gasteiger partial charge in [-0.2, -0.15) is 18.3 Å². The summed E-state index contributed by atoms with van der Waals surface area (Å²) in [5.74, 6) is -2.39. The number of nitrogens with zero attached hydrogens (tertiary/aromatic N) is 6. The van der Waals surface area contributed by atoms with Crippen molar-refractivity contribution < 1.29 is 135 Å². The molecule has 0 unspecified atom stereocenters. The van der Waals surface area contributed by atoms with Crippen LogP contribution < -0.4 is 38.0 Å². The van der Waals surface area contributed by atoms with Crippen molar-refractivity contribution >= 4 is 292 Å². The van der Waals surface area contributed by atoms with E-state index in [2.05, 4.69) is 58.5 Å². The molecule has 0 fully saturated rings. The lowest BCUT2D eigenvalue weighted by molar-refractivity contribution is -0.137. The molecule has 0 amide bonds. The van der Waals surface area contributed by atoms with Crippen LogP contribution in [0.2, 0.25) is 10.0 Å². The number of methoxy groups -OCH3 is 1. The largest absolute Gasteiger partial charge is 0.497 e. The second-order valence-corrected chi connectivity index (χ2v) is 49.5. The summed E-state index contributed by atoms with van der Waals surface area (Å²) in [4.78, 5) is 154. The number of aryl methyl sites for hydroxylation is 1. The number of sulfonamides is 6. The number of alkyl halides is 3. The smallest absolute Gasteiger partial charge is 0.416 e. The first-order valence-electron chi connectivity index (χ1n) is 40.3. The number of pyridine rings is 1. The highest BCUT2D eigenvalue weighted by atomic mass is 35.5. The summed E-state index contributed by atoms with van der Waals surface area (Å²) < 4.78 is 222. The minimum Gasteiger partial charge on any atom is -0.497 e. The van der Waals surface area contributed by atoms with Gasteiger partial charge in [-0.15, -0.1) is 11.3 Å². The van der Waals surface area contributed by atoms with Gasteiger partial charge < -0.3 is 14.1 Å². The molecule has 60 heteroatoms. The lowest BCUT2D eigenvalue weighted by atomic mass is 10.2. The molecule has 778 valence electrons. The van der Waals surface area contributed by atoms with Gasteiger partial charge in [-0.1, -0.05) is 141 Å². The van der Waals surface area contributed by atoms with Gasteiger partial charge in [-0.3, -0.25) is 91.2 Å². The van der Waals surface area contributed by atoms with E-state index in [0.29, 0.717) is 22.4 Å². The van der Waals surface area contributed by atoms with Gasteiger partial charge in [-0.05, 0) is 153 Å². The zero-order chi connectivity index (χ0) is 109. The number of thioether (sulfide) groups is 6. The van der Waals surface area contributed by atoms with Crippen LogP contribution in [0.3, 0.4) is 0 Å². The van der Waals surface area contributed by atoms with Gasteiger partial charge in [-0.25, -0.2) is 74.6 Å². The number of ether oxygens (including phenoxy) is 1. The number of H-pyrrole nitrogens is 1. The Labute approximate surface area is 880 Å². The maximum Gasteiger partial charge on any atom is 0.416 e. The van der Waals surface area contributed by atoms with Gasteiger partial charge >= 0.3 is 12.2 Å². The third kappa shape index (κ3) is 39.9. The van der Waals surface area contributed by atoms with E-state index in [9.17, 15) is 126 Å². The maximum absolute atomic E-state index is 12.9. The Morgan fingerprint density at radius 2 is 0.897 bits per heavy atom. The van der Waals surface area contributed by atoms with Crippen molar-refractivity contribution in [1.82, 2.24) is 30.1 Å². The molecule has 7 N–H and O–H groups in total. The maximum atomic E-state index is 12.9. The molecule has 6 heterocycles. The molecule has 0 saturated heterocycles. The number of halogens is 6. The van der Waals surface area contributed by atoms with Gasteiger partial charge in [0.15, 0.2) is 81.4 Å². The lowest BCUT2D eigenvalue weighted by Gasteiger charge is -2.12. The van der Waals surface area contributed by atoms with Crippen LogP contribution in [0.15, 0.2) is 228 Å². The summed E-state index contributed by atoms with van der Waals surface area (Å²) >= 11 is 19.5. The Bertz CT molecular complexity index is 7520. The van der Waals surface area contributed by atoms with Crippen LogP contribution in [0, 0.1) is 12.7 Å². The van der Waals surface area contributed by atoms with E-state index < -0.39 is 88.4 Å². The number of carbonyl (C=O) groups excluding carboxylic acids is 12. The van der Waals surface area contributed by atoms with Crippen LogP contribution in [-0.2, 0) is 95.1 Å². The number of hydrogen-bond donors (Lipinski definition) is 7. The number of benzene rings is 6. The van der Waals surface area contributed by atoms with Crippen molar-refractivity contribution in [2.45, 2.75) is 84.0 Å². The third-order valence-corrected chi connectivity index (χ3v) is 34.4. The summed E-state index contributed by atoms with van der Waals surface area (Å²) in [5, 5.41) is 5.70. The van der Waals surface area contributed by atoms with Gasteiger partial charge in [0.25, 0.3) is 60.1 Å². The van der Waals surface area contributed by atoms with Gasteiger partial charge in [0, 0.05) is 67.4 Å². The number of aromatic amines is 1. The van der Waals surface area contributed by atoms with Crippen LogP contribution in [0.4, 0.5) is 56.0 Å². The van der Waals surface area contributed by atoms with Crippen molar-refractivity contribution in [2.75, 3.05) is 89.0 Å². The fraction of sp³-hybridized carbons (Fsp3) is 0.198. The molecule has 0 saturated carbocycles. The Morgan fingerprint density at radius 3 is 1.43 bits per heavy atom. The number of hydrogen-bond acceptors (Lipinski definition) is 41. The van der Waals surface area contributed by atoms with Gasteiger partial charge in [0.05, 0.1) is 131 Å². The summed E-state index contributed by atoms with van der Waals surface area (Å²) in [6.07, 6.45) is -1.08. The second-order valence-electron chi connectivity index (χ2n) is 28.5. The summed E-state index contributed by atoms with van der Waals surface area (Å²) in [6, 6.07) is 38.0. The van der Waals surface area contributed by atoms with Crippen LogP contribution >= 0.6 is 128 Å². The van der Waals surface area contributed by atoms with E-state index in [1.807, 2.05) is 19.0 Å². The summed E-state index contributed by atoms with van der Waals surface area (Å²) in [5.41, 5.74) is 0.629. The Hall–Kier alpha value is -11.6. The third-order valence-electron chi connectivity index (χ3n) is 17.1. The first-order valence-corrected chi connectivity index (χ1v) is 58.3. The van der Waals surface area contributed by atoms with Crippen molar-refractivity contribution in [2.24, 2.45) is 0 Å². The van der Waals surface area contributed by atoms with E-state index in [4.69, 9.17) is 32.4 Å². The average molecular weight is 2340 g/mol. The molecule has 0 radical (unpaired) electrons. The highest BCUT2D eigenvalue weighted by Crippen LogP contribution is 2.35. The number of anilines is 7. The molecule has 146 heavy (non-hydrogen) atoms. The number of ketones is 6. The quantitative estimate of drug-likeness (QED) is 0.0140. The van der Waals surface area contributed by atoms with Crippen LogP contribution in [-0.4, -0.2) is 202 Å². The number of Topliss-reactive ketones (excluding diaryl/α,β-unsaturated/α-hetero) is 6. The number of rotatable bonds is 38. The minimum absolute atomic E-state index is 0.0120. The first-order chi connectivity index (χ1) is 68.2. The minimum atomic E-state index is -4.66. The summed E-state index contributed by atoms with van der Waals surface area (Å²) in [7, 11) is -18.3. The molecular formula is C86H81Cl2F4N13O26S15. The molecule has 39 nitrogen and oxygen atoms in total. The molecule has 12 rings (SSSR count). The standard InChI is InChI=1S/C15H12F3NO4S3.C15H13FN2O4S2.C15H17N3O5S2.C14H15N3O5S2.C14H14N2O4S3.C13H10Cl2N2O4S3/c1-9(20)24-8-12(21)13-5-6-14(25-13)19-26(22,23)11-4-2-3-10(7-11)15(16,17)18;1-10(19)23-9-15(20)14-7-4-12(8-17-14)18-24(21,22)13-5-2-11(16)3-6-13;1-10(19)24-9-13(20)14-8-16-15(23-14)17-25(21,22)12-6-4-11(5-7-12)18(2)3;1-9(18)23-8-13(19)12-7-14(16-15-12)17-24(20,21)11-5-3-10(22-2)4-6-11;1-9-13(12(18)8-21-10(2)17)22-14(15-9)16-23(19,20)11-6-4-3-5-7-11;1-7(18)22-6-11(19)12-5-16-13(23-12)17-24(20,21)8-2-3-9(14)10(15)4-8/h2-7,19H,8H2,1H3;2-8,18H,9H2,1H3;4-8H,9H2,1-3H3,(H,16,17);3-7H,8H2,1-2H3,(H2,15,16,17);3-7H,8H2,1-2H3,(H,15,16);2-5H,6H2,1H3,(H,16,17).